The van der Waals surface area contributed by atoms with Crippen LogP contribution in [0.3, 0.4) is 0 Å². The van der Waals surface area contributed by atoms with Crippen molar-refractivity contribution in [3.63, 3.8) is 0 Å². The molecule has 0 aliphatic carbocycles. The molecule has 0 aliphatic heterocycles. The Labute approximate surface area is 185 Å². The lowest BCUT2D eigenvalue weighted by Crippen LogP contribution is -2.15. The first-order valence-corrected chi connectivity index (χ1v) is 12.2. The fraction of sp³-hybridized carbons (Fsp3) is 0.704. The number of nitrogens with one attached hydrogen (secondary N) is 1. The number of unbranched alkanes of at least 4 members (excludes halogenated alkanes) is 9. The van der Waals surface area contributed by atoms with Gasteiger partial charge in [0.25, 0.3) is 0 Å². The van der Waals surface area contributed by atoms with Crippen molar-refractivity contribution in [1.82, 2.24) is 0 Å². The molecule has 30 heavy (non-hydrogen) atoms. The minimum absolute atomic E-state index is 0.00113. The molecule has 0 saturated heterocycles. The summed E-state index contributed by atoms with van der Waals surface area (Å²) in [6.07, 6.45) is 14.3. The summed E-state index contributed by atoms with van der Waals surface area (Å²) >= 11 is 0. The number of hydrogen-bond donors (Lipinski definition) is 1. The zero-order chi connectivity index (χ0) is 22.4. The van der Waals surface area contributed by atoms with Crippen molar-refractivity contribution in [1.29, 1.82) is 5.41 Å². The van der Waals surface area contributed by atoms with Crippen molar-refractivity contribution < 1.29 is 9.53 Å². The predicted octanol–water partition coefficient (Wildman–Crippen LogP) is 8.37. The molecule has 1 N–H and O–H groups in total. The van der Waals surface area contributed by atoms with Gasteiger partial charge in [0, 0.05) is 17.7 Å². The molecule has 1 aromatic carbocycles. The molecule has 0 atom stereocenters. The highest BCUT2D eigenvalue weighted by molar-refractivity contribution is 6.01. The van der Waals surface area contributed by atoms with E-state index < -0.39 is 0 Å². The largest absolute Gasteiger partial charge is 0.426 e. The number of ether oxygens (including phenoxy) is 1. The van der Waals surface area contributed by atoms with Crippen LogP contribution in [-0.4, -0.2) is 11.7 Å². The van der Waals surface area contributed by atoms with Gasteiger partial charge < -0.3 is 10.1 Å². The summed E-state index contributed by atoms with van der Waals surface area (Å²) in [4.78, 5) is 12.4. The lowest BCUT2D eigenvalue weighted by molar-refractivity contribution is -0.134. The molecule has 0 aromatic heterocycles. The summed E-state index contributed by atoms with van der Waals surface area (Å²) in [7, 11) is 0. The lowest BCUT2D eigenvalue weighted by Gasteiger charge is -2.21. The van der Waals surface area contributed by atoms with Gasteiger partial charge in [-0.25, -0.2) is 0 Å². The van der Waals surface area contributed by atoms with Gasteiger partial charge in [-0.3, -0.25) is 4.79 Å². The molecule has 170 valence electrons. The van der Waals surface area contributed by atoms with Crippen molar-refractivity contribution in [3.8, 4) is 5.75 Å². The minimum atomic E-state index is -0.175. The van der Waals surface area contributed by atoms with Crippen LogP contribution in [0.5, 0.6) is 5.75 Å². The maximum absolute atomic E-state index is 12.4. The van der Waals surface area contributed by atoms with Crippen LogP contribution in [0.4, 0.5) is 0 Å². The second-order valence-corrected chi connectivity index (χ2v) is 9.60. The number of carbonyl (C=O) groups is 1. The average molecular weight is 416 g/mol. The molecule has 1 aromatic rings. The summed E-state index contributed by atoms with van der Waals surface area (Å²) in [6.45, 7) is 10.9. The first-order chi connectivity index (χ1) is 14.3. The molecular formula is C27H45NO2. The standard InChI is InChI=1S/C27H45NO2/c1-6-8-10-11-12-13-14-15-16-18-26(29)30-25-20-19-22(27(3,4)5)21-23(25)24(28)17-9-7-2/h19-21,28H,6-18H2,1-5H3. The Morgan fingerprint density at radius 3 is 1.97 bits per heavy atom. The van der Waals surface area contributed by atoms with Crippen LogP contribution >= 0.6 is 0 Å². The Morgan fingerprint density at radius 2 is 1.40 bits per heavy atom. The van der Waals surface area contributed by atoms with Crippen LogP contribution in [-0.2, 0) is 10.2 Å². The molecule has 0 amide bonds. The average Bonchev–Trinajstić information content (AvgIpc) is 2.70. The van der Waals surface area contributed by atoms with Gasteiger partial charge in [0.1, 0.15) is 5.75 Å². The van der Waals surface area contributed by atoms with Crippen LogP contribution in [0.2, 0.25) is 0 Å². The molecule has 0 heterocycles. The van der Waals surface area contributed by atoms with Gasteiger partial charge in [-0.05, 0) is 42.4 Å². The Hall–Kier alpha value is -1.64. The highest BCUT2D eigenvalue weighted by atomic mass is 16.5. The monoisotopic (exact) mass is 415 g/mol. The first-order valence-electron chi connectivity index (χ1n) is 12.2. The quantitative estimate of drug-likeness (QED) is 0.135. The van der Waals surface area contributed by atoms with Crippen LogP contribution in [0.25, 0.3) is 0 Å². The highest BCUT2D eigenvalue weighted by Gasteiger charge is 2.19. The van der Waals surface area contributed by atoms with E-state index in [9.17, 15) is 4.79 Å². The van der Waals surface area contributed by atoms with Gasteiger partial charge in [0.15, 0.2) is 0 Å². The zero-order valence-electron chi connectivity index (χ0n) is 20.2. The van der Waals surface area contributed by atoms with Crippen molar-refractivity contribution in [2.45, 2.75) is 124 Å². The Bertz CT molecular complexity index is 643. The maximum atomic E-state index is 12.4. The van der Waals surface area contributed by atoms with E-state index in [-0.39, 0.29) is 11.4 Å². The third-order valence-electron chi connectivity index (χ3n) is 5.66. The van der Waals surface area contributed by atoms with Gasteiger partial charge in [0.05, 0.1) is 0 Å². The molecule has 3 nitrogen and oxygen atoms in total. The highest BCUT2D eigenvalue weighted by Crippen LogP contribution is 2.29. The second-order valence-electron chi connectivity index (χ2n) is 9.60. The van der Waals surface area contributed by atoms with Crippen LogP contribution < -0.4 is 4.74 Å². The Kier molecular flexibility index (Phi) is 12.7. The van der Waals surface area contributed by atoms with Gasteiger partial charge in [-0.2, -0.15) is 0 Å². The number of carbonyl (C=O) groups excluding carboxylic acids is 1. The molecule has 0 fully saturated rings. The zero-order valence-corrected chi connectivity index (χ0v) is 20.2. The fourth-order valence-electron chi connectivity index (χ4n) is 3.56. The Balaban J connectivity index is 2.55. The summed E-state index contributed by atoms with van der Waals surface area (Å²) in [5, 5.41) is 8.50. The van der Waals surface area contributed by atoms with Crippen LogP contribution in [0, 0.1) is 5.41 Å². The number of benzene rings is 1. The van der Waals surface area contributed by atoms with Crippen molar-refractivity contribution in [2.24, 2.45) is 0 Å². The maximum Gasteiger partial charge on any atom is 0.311 e. The van der Waals surface area contributed by atoms with E-state index >= 15 is 0 Å². The molecule has 0 bridgehead atoms. The molecular weight excluding hydrogens is 370 g/mol. The van der Waals surface area contributed by atoms with Gasteiger partial charge in [-0.15, -0.1) is 0 Å². The van der Waals surface area contributed by atoms with E-state index in [1.807, 2.05) is 18.2 Å². The van der Waals surface area contributed by atoms with E-state index in [1.165, 1.54) is 44.9 Å². The second kappa shape index (κ2) is 14.4. The van der Waals surface area contributed by atoms with E-state index in [1.54, 1.807) is 0 Å². The fourth-order valence-corrected chi connectivity index (χ4v) is 3.56. The molecule has 1 rings (SSSR count). The third kappa shape index (κ3) is 10.4. The van der Waals surface area contributed by atoms with Crippen LogP contribution in [0.15, 0.2) is 18.2 Å². The molecule has 0 saturated carbocycles. The molecule has 3 heteroatoms. The van der Waals surface area contributed by atoms with E-state index in [0.717, 1.165) is 36.8 Å². The molecule has 0 aliphatic rings. The normalized spacial score (nSPS) is 11.5. The van der Waals surface area contributed by atoms with Crippen molar-refractivity contribution in [3.05, 3.63) is 29.3 Å². The molecule has 0 radical (unpaired) electrons. The van der Waals surface area contributed by atoms with Crippen molar-refractivity contribution >= 4 is 11.7 Å². The number of rotatable bonds is 15. The minimum Gasteiger partial charge on any atom is -0.426 e. The van der Waals surface area contributed by atoms with Gasteiger partial charge in [-0.1, -0.05) is 98.5 Å². The predicted molar refractivity (Wildman–Crippen MR) is 129 cm³/mol. The van der Waals surface area contributed by atoms with Crippen LogP contribution in [0.1, 0.15) is 129 Å². The van der Waals surface area contributed by atoms with E-state index in [4.69, 9.17) is 10.1 Å². The molecule has 0 spiro atoms. The lowest BCUT2D eigenvalue weighted by atomic mass is 9.85. The molecule has 0 unspecified atom stereocenters. The topological polar surface area (TPSA) is 50.2 Å². The summed E-state index contributed by atoms with van der Waals surface area (Å²) in [6, 6.07) is 5.95. The SMILES string of the molecule is CCCCCCCCCCCC(=O)Oc1ccc(C(C)(C)C)cc1C(=N)CCCC. The summed E-state index contributed by atoms with van der Waals surface area (Å²) in [5.74, 6) is 0.371. The smallest absolute Gasteiger partial charge is 0.311 e. The number of esters is 1. The van der Waals surface area contributed by atoms with Crippen molar-refractivity contribution in [2.75, 3.05) is 0 Å². The van der Waals surface area contributed by atoms with E-state index in [2.05, 4.69) is 34.6 Å². The number of hydrogen-bond acceptors (Lipinski definition) is 3. The Morgan fingerprint density at radius 1 is 0.833 bits per heavy atom. The first kappa shape index (κ1) is 26.4. The van der Waals surface area contributed by atoms with Gasteiger partial charge >= 0.3 is 5.97 Å². The third-order valence-corrected chi connectivity index (χ3v) is 5.66. The summed E-state index contributed by atoms with van der Waals surface area (Å²) in [5.41, 5.74) is 2.50. The van der Waals surface area contributed by atoms with E-state index in [0.29, 0.717) is 24.3 Å². The van der Waals surface area contributed by atoms with Gasteiger partial charge in [0.2, 0.25) is 0 Å². The summed E-state index contributed by atoms with van der Waals surface area (Å²) < 4.78 is 5.71.